The van der Waals surface area contributed by atoms with Gasteiger partial charge in [-0.2, -0.15) is 5.10 Å². The molecule has 2 aromatic rings. The zero-order valence-corrected chi connectivity index (χ0v) is 18.4. The third kappa shape index (κ3) is 4.68. The highest BCUT2D eigenvalue weighted by atomic mass is 28.3. The fraction of sp³-hybridized carbons (Fsp3) is 0.364. The monoisotopic (exact) mass is 419 g/mol. The van der Waals surface area contributed by atoms with Gasteiger partial charge in [0.2, 0.25) is 5.88 Å². The van der Waals surface area contributed by atoms with Crippen molar-refractivity contribution >= 4 is 20.3 Å². The molecule has 0 radical (unpaired) electrons. The van der Waals surface area contributed by atoms with Crippen LogP contribution in [-0.4, -0.2) is 59.4 Å². The molecule has 1 aromatic carbocycles. The fourth-order valence-corrected chi connectivity index (χ4v) is 3.76. The van der Waals surface area contributed by atoms with E-state index in [1.54, 1.807) is 22.2 Å². The Balaban J connectivity index is 1.33. The topological polar surface area (TPSA) is 70.9 Å². The summed E-state index contributed by atoms with van der Waals surface area (Å²) in [5, 5.41) is 5.87. The van der Waals surface area contributed by atoms with Crippen molar-refractivity contribution in [2.24, 2.45) is 5.10 Å². The third-order valence-corrected chi connectivity index (χ3v) is 5.70. The molecule has 1 atom stereocenters. The van der Waals surface area contributed by atoms with Crippen LogP contribution in [0.15, 0.2) is 47.8 Å². The summed E-state index contributed by atoms with van der Waals surface area (Å²) in [6, 6.07) is 11.6. The molecule has 7 nitrogen and oxygen atoms in total. The fourth-order valence-electron chi connectivity index (χ4n) is 3.26. The maximum Gasteiger partial charge on any atom is 0.341 e. The molecule has 0 bridgehead atoms. The Morgan fingerprint density at radius 3 is 2.67 bits per heavy atom. The van der Waals surface area contributed by atoms with Crippen molar-refractivity contribution in [3.05, 3.63) is 54.0 Å². The molecule has 2 amide bonds. The van der Waals surface area contributed by atoms with E-state index in [4.69, 9.17) is 4.74 Å². The number of rotatable bonds is 3. The standard InChI is InChI=1S/C22H25N5O2Si/c1-30(2,3)12-10-18-13-21(24-16-23-18)29-19-14-26(15-19)22(28)27-20(9-11-25-27)17-7-5-4-6-8-17/h4-8,11,13,16,19-20H,9,14-15H2,1-3H3. The number of carbonyl (C=O) groups excluding carboxylic acids is 1. The van der Waals surface area contributed by atoms with Crippen LogP contribution in [-0.2, 0) is 0 Å². The van der Waals surface area contributed by atoms with Crippen molar-refractivity contribution in [3.63, 3.8) is 0 Å². The van der Waals surface area contributed by atoms with Gasteiger partial charge in [0.25, 0.3) is 0 Å². The first-order valence-corrected chi connectivity index (χ1v) is 13.6. The van der Waals surface area contributed by atoms with Gasteiger partial charge in [0.05, 0.1) is 19.1 Å². The largest absolute Gasteiger partial charge is 0.470 e. The number of amides is 2. The molecule has 2 aliphatic rings. The number of aromatic nitrogens is 2. The predicted molar refractivity (Wildman–Crippen MR) is 118 cm³/mol. The van der Waals surface area contributed by atoms with Crippen LogP contribution in [0.25, 0.3) is 0 Å². The Hall–Kier alpha value is -3.18. The number of hydrazone groups is 1. The van der Waals surface area contributed by atoms with Crippen LogP contribution in [0.2, 0.25) is 19.6 Å². The minimum absolute atomic E-state index is 0.0481. The van der Waals surface area contributed by atoms with Crippen LogP contribution in [0.3, 0.4) is 0 Å². The predicted octanol–water partition coefficient (Wildman–Crippen LogP) is 3.32. The molecule has 30 heavy (non-hydrogen) atoms. The van der Waals surface area contributed by atoms with Gasteiger partial charge in [-0.1, -0.05) is 55.9 Å². The van der Waals surface area contributed by atoms with E-state index >= 15 is 0 Å². The van der Waals surface area contributed by atoms with Gasteiger partial charge >= 0.3 is 6.03 Å². The molecule has 0 spiro atoms. The molecule has 1 fully saturated rings. The van der Waals surface area contributed by atoms with E-state index in [1.807, 2.05) is 30.3 Å². The number of ether oxygens (including phenoxy) is 1. The minimum atomic E-state index is -1.47. The highest BCUT2D eigenvalue weighted by Crippen LogP contribution is 2.30. The Morgan fingerprint density at radius 2 is 1.93 bits per heavy atom. The third-order valence-electron chi connectivity index (χ3n) is 4.82. The molecule has 4 rings (SSSR count). The van der Waals surface area contributed by atoms with Crippen molar-refractivity contribution in [2.75, 3.05) is 13.1 Å². The van der Waals surface area contributed by atoms with E-state index in [2.05, 4.69) is 46.2 Å². The molecule has 0 N–H and O–H groups in total. The lowest BCUT2D eigenvalue weighted by Gasteiger charge is -2.40. The average molecular weight is 420 g/mol. The summed E-state index contributed by atoms with van der Waals surface area (Å²) in [6.07, 6.45) is 3.90. The van der Waals surface area contributed by atoms with E-state index in [-0.39, 0.29) is 18.2 Å². The number of nitrogens with zero attached hydrogens (tertiary/aromatic N) is 5. The zero-order chi connectivity index (χ0) is 21.1. The van der Waals surface area contributed by atoms with Crippen LogP contribution in [0.1, 0.15) is 23.7 Å². The number of hydrogen-bond acceptors (Lipinski definition) is 5. The van der Waals surface area contributed by atoms with E-state index in [0.717, 1.165) is 12.0 Å². The Kier molecular flexibility index (Phi) is 5.55. The summed E-state index contributed by atoms with van der Waals surface area (Å²) in [5.41, 5.74) is 5.04. The number of benzene rings is 1. The van der Waals surface area contributed by atoms with Crippen LogP contribution in [0.4, 0.5) is 4.79 Å². The second-order valence-corrected chi connectivity index (χ2v) is 13.2. The number of urea groups is 1. The van der Waals surface area contributed by atoms with Crippen molar-refractivity contribution in [1.29, 1.82) is 0 Å². The van der Waals surface area contributed by atoms with Crippen molar-refractivity contribution in [1.82, 2.24) is 19.9 Å². The van der Waals surface area contributed by atoms with Gasteiger partial charge in [0.1, 0.15) is 26.2 Å². The second kappa shape index (κ2) is 8.28. The van der Waals surface area contributed by atoms with Crippen LogP contribution in [0.5, 0.6) is 5.88 Å². The highest BCUT2D eigenvalue weighted by Gasteiger charge is 2.38. The quantitative estimate of drug-likeness (QED) is 0.565. The summed E-state index contributed by atoms with van der Waals surface area (Å²) in [5.74, 6) is 3.60. The maximum absolute atomic E-state index is 12.9. The molecule has 0 saturated carbocycles. The van der Waals surface area contributed by atoms with Crippen molar-refractivity contribution < 1.29 is 9.53 Å². The lowest BCUT2D eigenvalue weighted by molar-refractivity contribution is 0.0252. The molecule has 1 aromatic heterocycles. The van der Waals surface area contributed by atoms with Gasteiger partial charge in [-0.3, -0.25) is 0 Å². The maximum atomic E-state index is 12.9. The van der Waals surface area contributed by atoms with E-state index in [0.29, 0.717) is 24.7 Å². The van der Waals surface area contributed by atoms with Crippen LogP contribution >= 0.6 is 0 Å². The van der Waals surface area contributed by atoms with Gasteiger partial charge in [0, 0.05) is 18.7 Å². The zero-order valence-electron chi connectivity index (χ0n) is 17.4. The Labute approximate surface area is 177 Å². The summed E-state index contributed by atoms with van der Waals surface area (Å²) in [7, 11) is -1.47. The van der Waals surface area contributed by atoms with Gasteiger partial charge in [-0.05, 0) is 5.56 Å². The van der Waals surface area contributed by atoms with E-state index in [9.17, 15) is 4.79 Å². The normalized spacial score (nSPS) is 18.6. The number of carbonyl (C=O) groups is 1. The number of likely N-dealkylation sites (tertiary alicyclic amines) is 1. The molecule has 154 valence electrons. The summed E-state index contributed by atoms with van der Waals surface area (Å²) in [4.78, 5) is 23.0. The van der Waals surface area contributed by atoms with Crippen molar-refractivity contribution in [2.45, 2.75) is 38.2 Å². The van der Waals surface area contributed by atoms with Gasteiger partial charge in [-0.25, -0.2) is 19.8 Å². The number of hydrogen-bond donors (Lipinski definition) is 0. The minimum Gasteiger partial charge on any atom is -0.470 e. The molecule has 1 unspecified atom stereocenters. The molecular weight excluding hydrogens is 394 g/mol. The lowest BCUT2D eigenvalue weighted by atomic mass is 10.0. The average Bonchev–Trinajstić information content (AvgIpc) is 3.19. The summed E-state index contributed by atoms with van der Waals surface area (Å²) in [6.45, 7) is 7.57. The second-order valence-electron chi connectivity index (χ2n) is 8.47. The van der Waals surface area contributed by atoms with Crippen LogP contribution < -0.4 is 4.74 Å². The molecule has 0 aliphatic carbocycles. The molecule has 8 heteroatoms. The molecule has 1 saturated heterocycles. The summed E-state index contributed by atoms with van der Waals surface area (Å²) >= 11 is 0. The van der Waals surface area contributed by atoms with Crippen molar-refractivity contribution in [3.8, 4) is 17.3 Å². The Bertz CT molecular complexity index is 1000. The molecule has 3 heterocycles. The first-order chi connectivity index (χ1) is 14.4. The van der Waals surface area contributed by atoms with Gasteiger partial charge in [-0.15, -0.1) is 5.54 Å². The SMILES string of the molecule is C[Si](C)(C)C#Cc1cc(OC2CN(C(=O)N3N=CCC3c3ccccc3)C2)ncn1. The lowest BCUT2D eigenvalue weighted by Crippen LogP contribution is -2.58. The van der Waals surface area contributed by atoms with E-state index in [1.165, 1.54) is 6.33 Å². The smallest absolute Gasteiger partial charge is 0.341 e. The first kappa shape index (κ1) is 20.1. The highest BCUT2D eigenvalue weighted by molar-refractivity contribution is 6.83. The van der Waals surface area contributed by atoms with Gasteiger partial charge < -0.3 is 9.64 Å². The summed E-state index contributed by atoms with van der Waals surface area (Å²) < 4.78 is 5.92. The first-order valence-electron chi connectivity index (χ1n) is 10.1. The van der Waals surface area contributed by atoms with Gasteiger partial charge in [0.15, 0.2) is 0 Å². The van der Waals surface area contributed by atoms with E-state index < -0.39 is 8.07 Å². The molecule has 2 aliphatic heterocycles. The van der Waals surface area contributed by atoms with Crippen LogP contribution in [0, 0.1) is 11.5 Å². The molecular formula is C22H25N5O2Si. The Morgan fingerprint density at radius 1 is 1.17 bits per heavy atom.